The van der Waals surface area contributed by atoms with Gasteiger partial charge >= 0.3 is 0 Å². The number of rotatable bonds is 6. The second-order valence-corrected chi connectivity index (χ2v) is 6.93. The first-order valence-corrected chi connectivity index (χ1v) is 8.14. The van der Waals surface area contributed by atoms with Crippen LogP contribution in [0.2, 0.25) is 0 Å². The molecule has 0 heterocycles. The predicted octanol–water partition coefficient (Wildman–Crippen LogP) is 3.83. The normalized spacial score (nSPS) is 22.4. The van der Waals surface area contributed by atoms with E-state index >= 15 is 0 Å². The molecule has 1 aromatic rings. The SMILES string of the molecule is CC1=CC(C)CC(CNCc2ccccc2CN(C)C)C1. The minimum absolute atomic E-state index is 0.742. The summed E-state index contributed by atoms with van der Waals surface area (Å²) in [6.07, 6.45) is 5.02. The zero-order valence-electron chi connectivity index (χ0n) is 14.0. The number of hydrogen-bond acceptors (Lipinski definition) is 2. The summed E-state index contributed by atoms with van der Waals surface area (Å²) in [5.74, 6) is 1.54. The molecule has 0 saturated carbocycles. The molecule has 1 aliphatic rings. The number of nitrogens with zero attached hydrogens (tertiary/aromatic N) is 1. The molecular formula is C19H30N2. The van der Waals surface area contributed by atoms with E-state index in [1.165, 1.54) is 24.0 Å². The summed E-state index contributed by atoms with van der Waals surface area (Å²) in [5, 5.41) is 3.68. The topological polar surface area (TPSA) is 15.3 Å². The molecule has 0 spiro atoms. The van der Waals surface area contributed by atoms with Crippen LogP contribution in [0.5, 0.6) is 0 Å². The predicted molar refractivity (Wildman–Crippen MR) is 91.2 cm³/mol. The Morgan fingerprint density at radius 2 is 1.90 bits per heavy atom. The maximum Gasteiger partial charge on any atom is 0.0230 e. The van der Waals surface area contributed by atoms with Crippen LogP contribution in [0.1, 0.15) is 37.8 Å². The summed E-state index contributed by atoms with van der Waals surface area (Å²) in [6.45, 7) is 7.74. The van der Waals surface area contributed by atoms with Crippen LogP contribution in [0.4, 0.5) is 0 Å². The molecule has 0 bridgehead atoms. The molecule has 2 unspecified atom stereocenters. The smallest absolute Gasteiger partial charge is 0.0230 e. The summed E-state index contributed by atoms with van der Waals surface area (Å²) >= 11 is 0. The lowest BCUT2D eigenvalue weighted by Gasteiger charge is -2.26. The van der Waals surface area contributed by atoms with Gasteiger partial charge in [0.25, 0.3) is 0 Å². The molecule has 1 aliphatic carbocycles. The third-order valence-electron chi connectivity index (χ3n) is 4.24. The highest BCUT2D eigenvalue weighted by molar-refractivity contribution is 5.26. The number of hydrogen-bond donors (Lipinski definition) is 1. The van der Waals surface area contributed by atoms with Crippen molar-refractivity contribution in [2.45, 2.75) is 39.8 Å². The van der Waals surface area contributed by atoms with Crippen molar-refractivity contribution in [2.75, 3.05) is 20.6 Å². The highest BCUT2D eigenvalue weighted by atomic mass is 15.0. The lowest BCUT2D eigenvalue weighted by molar-refractivity contribution is 0.378. The summed E-state index contributed by atoms with van der Waals surface area (Å²) in [7, 11) is 4.26. The molecule has 0 amide bonds. The first-order chi connectivity index (χ1) is 10.0. The van der Waals surface area contributed by atoms with Gasteiger partial charge in [0.1, 0.15) is 0 Å². The van der Waals surface area contributed by atoms with Crippen molar-refractivity contribution < 1.29 is 0 Å². The van der Waals surface area contributed by atoms with Gasteiger partial charge in [-0.15, -0.1) is 0 Å². The molecule has 1 aromatic carbocycles. The Balaban J connectivity index is 1.85. The number of allylic oxidation sites excluding steroid dienone is 2. The fourth-order valence-electron chi connectivity index (χ4n) is 3.48. The van der Waals surface area contributed by atoms with Crippen LogP contribution in [0.15, 0.2) is 35.9 Å². The molecule has 2 nitrogen and oxygen atoms in total. The van der Waals surface area contributed by atoms with Crippen molar-refractivity contribution >= 4 is 0 Å². The van der Waals surface area contributed by atoms with Crippen LogP contribution in [-0.4, -0.2) is 25.5 Å². The Hall–Kier alpha value is -1.12. The standard InChI is InChI=1S/C19H30N2/c1-15-9-16(2)11-17(10-15)12-20-13-18-7-5-6-8-19(18)14-21(3)4/h5-9,15,17,20H,10-14H2,1-4H3. The van der Waals surface area contributed by atoms with E-state index in [9.17, 15) is 0 Å². The van der Waals surface area contributed by atoms with Gasteiger partial charge in [-0.2, -0.15) is 0 Å². The summed E-state index contributed by atoms with van der Waals surface area (Å²) in [5.41, 5.74) is 4.43. The zero-order valence-corrected chi connectivity index (χ0v) is 14.0. The van der Waals surface area contributed by atoms with Gasteiger partial charge in [0.05, 0.1) is 0 Å². The highest BCUT2D eigenvalue weighted by Gasteiger charge is 2.17. The fraction of sp³-hybridized carbons (Fsp3) is 0.579. The van der Waals surface area contributed by atoms with E-state index in [2.05, 4.69) is 68.5 Å². The van der Waals surface area contributed by atoms with E-state index in [-0.39, 0.29) is 0 Å². The third-order valence-corrected chi connectivity index (χ3v) is 4.24. The Bertz CT molecular complexity index is 476. The highest BCUT2D eigenvalue weighted by Crippen LogP contribution is 2.27. The molecule has 116 valence electrons. The average Bonchev–Trinajstić information content (AvgIpc) is 2.39. The van der Waals surface area contributed by atoms with Crippen molar-refractivity contribution in [1.29, 1.82) is 0 Å². The minimum Gasteiger partial charge on any atom is -0.312 e. The Kier molecular flexibility index (Phi) is 6.01. The largest absolute Gasteiger partial charge is 0.312 e. The summed E-state index contributed by atoms with van der Waals surface area (Å²) in [6, 6.07) is 8.78. The summed E-state index contributed by atoms with van der Waals surface area (Å²) in [4.78, 5) is 2.23. The van der Waals surface area contributed by atoms with Gasteiger partial charge in [0.15, 0.2) is 0 Å². The molecule has 0 fully saturated rings. The lowest BCUT2D eigenvalue weighted by Crippen LogP contribution is -2.26. The molecule has 0 radical (unpaired) electrons. The second kappa shape index (κ2) is 7.77. The molecule has 21 heavy (non-hydrogen) atoms. The van der Waals surface area contributed by atoms with Crippen molar-refractivity contribution in [3.8, 4) is 0 Å². The van der Waals surface area contributed by atoms with Gasteiger partial charge in [0.2, 0.25) is 0 Å². The van der Waals surface area contributed by atoms with Gasteiger partial charge < -0.3 is 10.2 Å². The van der Waals surface area contributed by atoms with Crippen molar-refractivity contribution in [2.24, 2.45) is 11.8 Å². The maximum absolute atomic E-state index is 3.68. The maximum atomic E-state index is 3.68. The van der Waals surface area contributed by atoms with Crippen LogP contribution < -0.4 is 5.32 Å². The van der Waals surface area contributed by atoms with E-state index in [0.717, 1.165) is 31.5 Å². The van der Waals surface area contributed by atoms with Crippen LogP contribution in [-0.2, 0) is 13.1 Å². The Morgan fingerprint density at radius 1 is 1.19 bits per heavy atom. The lowest BCUT2D eigenvalue weighted by atomic mass is 9.84. The molecular weight excluding hydrogens is 256 g/mol. The minimum atomic E-state index is 0.742. The molecule has 1 N–H and O–H groups in total. The molecule has 2 heteroatoms. The van der Waals surface area contributed by atoms with Gasteiger partial charge in [-0.05, 0) is 63.4 Å². The average molecular weight is 286 g/mol. The van der Waals surface area contributed by atoms with Gasteiger partial charge in [0, 0.05) is 13.1 Å². The van der Waals surface area contributed by atoms with Crippen molar-refractivity contribution in [3.63, 3.8) is 0 Å². The van der Waals surface area contributed by atoms with E-state index in [1.807, 2.05) is 0 Å². The molecule has 0 aliphatic heterocycles. The first kappa shape index (κ1) is 16.3. The van der Waals surface area contributed by atoms with Crippen molar-refractivity contribution in [3.05, 3.63) is 47.0 Å². The van der Waals surface area contributed by atoms with Crippen LogP contribution in [0.25, 0.3) is 0 Å². The van der Waals surface area contributed by atoms with E-state index in [4.69, 9.17) is 0 Å². The van der Waals surface area contributed by atoms with E-state index < -0.39 is 0 Å². The molecule has 0 saturated heterocycles. The van der Waals surface area contributed by atoms with Crippen LogP contribution >= 0.6 is 0 Å². The van der Waals surface area contributed by atoms with Gasteiger partial charge in [-0.3, -0.25) is 0 Å². The van der Waals surface area contributed by atoms with Crippen LogP contribution in [0, 0.1) is 11.8 Å². The molecule has 0 aromatic heterocycles. The number of nitrogens with one attached hydrogen (secondary N) is 1. The number of benzene rings is 1. The Labute approximate surface area is 130 Å². The second-order valence-electron chi connectivity index (χ2n) is 6.93. The van der Waals surface area contributed by atoms with Crippen molar-refractivity contribution in [1.82, 2.24) is 10.2 Å². The molecule has 2 atom stereocenters. The van der Waals surface area contributed by atoms with E-state index in [0.29, 0.717) is 0 Å². The Morgan fingerprint density at radius 3 is 2.57 bits per heavy atom. The fourth-order valence-corrected chi connectivity index (χ4v) is 3.48. The third kappa shape index (κ3) is 5.29. The monoisotopic (exact) mass is 286 g/mol. The van der Waals surface area contributed by atoms with Crippen LogP contribution in [0.3, 0.4) is 0 Å². The van der Waals surface area contributed by atoms with Gasteiger partial charge in [-0.25, -0.2) is 0 Å². The van der Waals surface area contributed by atoms with Gasteiger partial charge in [-0.1, -0.05) is 42.8 Å². The zero-order chi connectivity index (χ0) is 15.2. The molecule has 2 rings (SSSR count). The summed E-state index contributed by atoms with van der Waals surface area (Å²) < 4.78 is 0. The van der Waals surface area contributed by atoms with E-state index in [1.54, 1.807) is 5.57 Å². The first-order valence-electron chi connectivity index (χ1n) is 8.14. The quantitative estimate of drug-likeness (QED) is 0.800.